The first-order chi connectivity index (χ1) is 8.81. The molecule has 5 nitrogen and oxygen atoms in total. The van der Waals surface area contributed by atoms with Crippen molar-refractivity contribution in [3.8, 4) is 0 Å². The summed E-state index contributed by atoms with van der Waals surface area (Å²) in [7, 11) is 0. The number of rotatable bonds is 6. The molecule has 0 unspecified atom stereocenters. The van der Waals surface area contributed by atoms with Crippen LogP contribution in [0.25, 0.3) is 0 Å². The Bertz CT molecular complexity index is 379. The van der Waals surface area contributed by atoms with Crippen LogP contribution in [-0.2, 0) is 0 Å². The van der Waals surface area contributed by atoms with Crippen molar-refractivity contribution in [2.75, 3.05) is 43.4 Å². The molecule has 6 heteroatoms. The number of nitrogens with zero attached hydrogens (tertiary/aromatic N) is 3. The highest BCUT2D eigenvalue weighted by molar-refractivity contribution is 9.10. The van der Waals surface area contributed by atoms with E-state index in [4.69, 9.17) is 0 Å². The van der Waals surface area contributed by atoms with Gasteiger partial charge in [-0.2, -0.15) is 0 Å². The van der Waals surface area contributed by atoms with Crippen molar-refractivity contribution in [3.05, 3.63) is 10.8 Å². The predicted molar refractivity (Wildman–Crippen MR) is 78.1 cm³/mol. The highest BCUT2D eigenvalue weighted by Crippen LogP contribution is 2.26. The van der Waals surface area contributed by atoms with Crippen LogP contribution in [-0.4, -0.2) is 47.6 Å². The molecule has 0 atom stereocenters. The molecule has 1 aliphatic rings. The molecule has 1 saturated heterocycles. The van der Waals surface area contributed by atoms with Crippen LogP contribution in [0.2, 0.25) is 0 Å². The van der Waals surface area contributed by atoms with Crippen molar-refractivity contribution in [3.63, 3.8) is 0 Å². The number of aromatic nitrogens is 2. The van der Waals surface area contributed by atoms with Gasteiger partial charge in [-0.25, -0.2) is 9.97 Å². The molecule has 0 amide bonds. The highest BCUT2D eigenvalue weighted by atomic mass is 79.9. The third kappa shape index (κ3) is 3.55. The van der Waals surface area contributed by atoms with E-state index < -0.39 is 0 Å². The summed E-state index contributed by atoms with van der Waals surface area (Å²) in [6.45, 7) is 7.36. The molecule has 2 N–H and O–H groups in total. The number of nitrogens with one attached hydrogen (secondary N) is 2. The average Bonchev–Trinajstić information content (AvgIpc) is 2.87. The summed E-state index contributed by atoms with van der Waals surface area (Å²) in [5.74, 6) is 1.70. The molecule has 1 fully saturated rings. The van der Waals surface area contributed by atoms with Crippen molar-refractivity contribution >= 4 is 27.6 Å². The van der Waals surface area contributed by atoms with E-state index in [9.17, 15) is 0 Å². The molecule has 0 spiro atoms. The Balaban J connectivity index is 1.86. The van der Waals surface area contributed by atoms with Crippen molar-refractivity contribution in [2.45, 2.75) is 19.8 Å². The van der Waals surface area contributed by atoms with E-state index in [-0.39, 0.29) is 0 Å². The van der Waals surface area contributed by atoms with Gasteiger partial charge in [0.25, 0.3) is 0 Å². The average molecular weight is 314 g/mol. The monoisotopic (exact) mass is 313 g/mol. The molecule has 0 aromatic carbocycles. The molecule has 0 bridgehead atoms. The van der Waals surface area contributed by atoms with E-state index in [0.717, 1.165) is 35.7 Å². The Kier molecular flexibility index (Phi) is 5.19. The lowest BCUT2D eigenvalue weighted by Crippen LogP contribution is -2.26. The summed E-state index contributed by atoms with van der Waals surface area (Å²) in [4.78, 5) is 10.9. The van der Waals surface area contributed by atoms with Crippen molar-refractivity contribution in [2.24, 2.45) is 0 Å². The third-order valence-electron chi connectivity index (χ3n) is 3.05. The summed E-state index contributed by atoms with van der Waals surface area (Å²) < 4.78 is 0.910. The summed E-state index contributed by atoms with van der Waals surface area (Å²) in [5.41, 5.74) is 0. The minimum Gasteiger partial charge on any atom is -0.369 e. The van der Waals surface area contributed by atoms with Crippen LogP contribution in [0, 0.1) is 0 Å². The molecule has 100 valence electrons. The number of halogens is 1. The van der Waals surface area contributed by atoms with Gasteiger partial charge in [0, 0.05) is 19.6 Å². The van der Waals surface area contributed by atoms with Crippen LogP contribution in [0.3, 0.4) is 0 Å². The van der Waals surface area contributed by atoms with E-state index in [2.05, 4.69) is 48.4 Å². The molecule has 2 heterocycles. The topological polar surface area (TPSA) is 53.1 Å². The second-order valence-electron chi connectivity index (χ2n) is 4.39. The third-order valence-corrected chi connectivity index (χ3v) is 3.80. The van der Waals surface area contributed by atoms with Crippen LogP contribution in [0.15, 0.2) is 10.8 Å². The number of hydrogen-bond donors (Lipinski definition) is 2. The fraction of sp³-hybridized carbons (Fsp3) is 0.667. The van der Waals surface area contributed by atoms with Crippen LogP contribution in [0.5, 0.6) is 0 Å². The summed E-state index contributed by atoms with van der Waals surface area (Å²) in [6, 6.07) is 0. The molecule has 2 rings (SSSR count). The molecule has 1 aromatic heterocycles. The van der Waals surface area contributed by atoms with Crippen LogP contribution >= 0.6 is 15.9 Å². The second-order valence-corrected chi connectivity index (χ2v) is 5.18. The lowest BCUT2D eigenvalue weighted by atomic mass is 10.4. The van der Waals surface area contributed by atoms with Gasteiger partial charge in [-0.3, -0.25) is 0 Å². The van der Waals surface area contributed by atoms with Crippen molar-refractivity contribution in [1.82, 2.24) is 14.9 Å². The quantitative estimate of drug-likeness (QED) is 0.843. The van der Waals surface area contributed by atoms with E-state index in [1.807, 2.05) is 0 Å². The van der Waals surface area contributed by atoms with Crippen LogP contribution in [0.4, 0.5) is 11.6 Å². The standard InChI is InChI=1S/C12H20BrN5/c1-2-14-11-10(13)12(17-9-16-11)15-5-8-18-6-3-4-7-18/h9H,2-8H2,1H3,(H2,14,15,16,17). The summed E-state index contributed by atoms with van der Waals surface area (Å²) in [5, 5.41) is 6.56. The highest BCUT2D eigenvalue weighted by Gasteiger charge is 2.11. The second kappa shape index (κ2) is 6.89. The zero-order valence-corrected chi connectivity index (χ0v) is 12.3. The van der Waals surface area contributed by atoms with Crippen LogP contribution < -0.4 is 10.6 Å². The molecular weight excluding hydrogens is 294 g/mol. The fourth-order valence-corrected chi connectivity index (χ4v) is 2.61. The smallest absolute Gasteiger partial charge is 0.145 e. The van der Waals surface area contributed by atoms with Gasteiger partial charge in [-0.05, 0) is 48.8 Å². The molecule has 1 aromatic rings. The number of anilines is 2. The van der Waals surface area contributed by atoms with E-state index in [1.165, 1.54) is 25.9 Å². The lowest BCUT2D eigenvalue weighted by Gasteiger charge is -2.16. The molecule has 0 saturated carbocycles. The Hall–Kier alpha value is -0.880. The van der Waals surface area contributed by atoms with Gasteiger partial charge in [0.15, 0.2) is 0 Å². The maximum atomic E-state index is 4.26. The number of likely N-dealkylation sites (tertiary alicyclic amines) is 1. The van der Waals surface area contributed by atoms with Gasteiger partial charge in [0.1, 0.15) is 22.4 Å². The fourth-order valence-electron chi connectivity index (χ4n) is 2.12. The molecular formula is C12H20BrN5. The van der Waals surface area contributed by atoms with Gasteiger partial charge in [0.05, 0.1) is 0 Å². The largest absolute Gasteiger partial charge is 0.369 e. The SMILES string of the molecule is CCNc1ncnc(NCCN2CCCC2)c1Br. The van der Waals surface area contributed by atoms with Gasteiger partial charge in [0.2, 0.25) is 0 Å². The minimum absolute atomic E-state index is 0.844. The van der Waals surface area contributed by atoms with Gasteiger partial charge in [-0.15, -0.1) is 0 Å². The Morgan fingerprint density at radius 3 is 2.56 bits per heavy atom. The number of hydrogen-bond acceptors (Lipinski definition) is 5. The lowest BCUT2D eigenvalue weighted by molar-refractivity contribution is 0.352. The Labute approximate surface area is 117 Å². The van der Waals surface area contributed by atoms with Gasteiger partial charge >= 0.3 is 0 Å². The van der Waals surface area contributed by atoms with E-state index >= 15 is 0 Å². The molecule has 18 heavy (non-hydrogen) atoms. The zero-order valence-electron chi connectivity index (χ0n) is 10.7. The minimum atomic E-state index is 0.844. The summed E-state index contributed by atoms with van der Waals surface area (Å²) >= 11 is 3.53. The summed E-state index contributed by atoms with van der Waals surface area (Å²) in [6.07, 6.45) is 4.25. The van der Waals surface area contributed by atoms with Crippen LogP contribution in [0.1, 0.15) is 19.8 Å². The van der Waals surface area contributed by atoms with E-state index in [0.29, 0.717) is 0 Å². The van der Waals surface area contributed by atoms with Crippen molar-refractivity contribution < 1.29 is 0 Å². The molecule has 0 aliphatic carbocycles. The van der Waals surface area contributed by atoms with Gasteiger partial charge < -0.3 is 15.5 Å². The zero-order chi connectivity index (χ0) is 12.8. The first kappa shape index (κ1) is 13.5. The first-order valence-corrected chi connectivity index (χ1v) is 7.31. The maximum absolute atomic E-state index is 4.26. The molecule has 1 aliphatic heterocycles. The Morgan fingerprint density at radius 2 is 1.89 bits per heavy atom. The van der Waals surface area contributed by atoms with E-state index in [1.54, 1.807) is 6.33 Å². The first-order valence-electron chi connectivity index (χ1n) is 6.52. The Morgan fingerprint density at radius 1 is 1.22 bits per heavy atom. The van der Waals surface area contributed by atoms with Gasteiger partial charge in [-0.1, -0.05) is 0 Å². The van der Waals surface area contributed by atoms with Crippen molar-refractivity contribution in [1.29, 1.82) is 0 Å². The normalized spacial score (nSPS) is 15.9. The maximum Gasteiger partial charge on any atom is 0.145 e. The molecule has 0 radical (unpaired) electrons. The predicted octanol–water partition coefficient (Wildman–Crippen LogP) is 2.18.